The van der Waals surface area contributed by atoms with Gasteiger partial charge in [0.15, 0.2) is 12.4 Å². The van der Waals surface area contributed by atoms with Crippen molar-refractivity contribution in [1.82, 2.24) is 5.32 Å². The largest absolute Gasteiger partial charge is 0.454 e. The van der Waals surface area contributed by atoms with Crippen LogP contribution in [0.3, 0.4) is 0 Å². The van der Waals surface area contributed by atoms with Crippen LogP contribution in [-0.4, -0.2) is 99.6 Å². The zero-order valence-corrected chi connectivity index (χ0v) is 55.7. The molecule has 1 amide bonds. The molecule has 6 N–H and O–H groups in total. The smallest absolute Gasteiger partial charge is 0.306 e. The quantitative estimate of drug-likeness (QED) is 0.0195. The van der Waals surface area contributed by atoms with E-state index >= 15 is 0 Å². The number of allylic oxidation sites excluding steroid dienone is 11. The van der Waals surface area contributed by atoms with Crippen LogP contribution in [0.15, 0.2) is 72.9 Å². The summed E-state index contributed by atoms with van der Waals surface area (Å²) in [4.78, 5) is 26.7. The second kappa shape index (κ2) is 62.3. The first kappa shape index (κ1) is 81.1. The van der Waals surface area contributed by atoms with Crippen LogP contribution in [-0.2, 0) is 23.8 Å². The Morgan fingerprint density at radius 1 is 0.465 bits per heavy atom. The number of ether oxygens (including phenoxy) is 3. The van der Waals surface area contributed by atoms with Gasteiger partial charge in [0, 0.05) is 6.42 Å². The van der Waals surface area contributed by atoms with E-state index in [1.54, 1.807) is 6.08 Å². The molecule has 0 aliphatic carbocycles. The van der Waals surface area contributed by atoms with Gasteiger partial charge in [0.05, 0.1) is 25.4 Å². The number of carbonyl (C=O) groups excluding carboxylic acids is 2. The van der Waals surface area contributed by atoms with E-state index in [9.17, 15) is 35.1 Å². The minimum absolute atomic E-state index is 0.119. The summed E-state index contributed by atoms with van der Waals surface area (Å²) in [6.45, 7) is 5.72. The van der Waals surface area contributed by atoms with Crippen molar-refractivity contribution >= 4 is 11.9 Å². The van der Waals surface area contributed by atoms with Crippen molar-refractivity contribution in [3.63, 3.8) is 0 Å². The first-order valence-corrected chi connectivity index (χ1v) is 36.2. The van der Waals surface area contributed by atoms with Crippen molar-refractivity contribution in [3.05, 3.63) is 72.9 Å². The number of hydrogen-bond acceptors (Lipinski definition) is 10. The molecule has 0 aromatic heterocycles. The molecule has 0 radical (unpaired) electrons. The Morgan fingerprint density at radius 2 is 0.837 bits per heavy atom. The Hall–Kier alpha value is -2.90. The summed E-state index contributed by atoms with van der Waals surface area (Å²) in [5, 5.41) is 57.3. The van der Waals surface area contributed by atoms with Gasteiger partial charge in [-0.2, -0.15) is 0 Å². The summed E-state index contributed by atoms with van der Waals surface area (Å²) < 4.78 is 17.7. The summed E-state index contributed by atoms with van der Waals surface area (Å²) >= 11 is 0. The van der Waals surface area contributed by atoms with Crippen molar-refractivity contribution < 1.29 is 49.3 Å². The first-order chi connectivity index (χ1) is 42.2. The van der Waals surface area contributed by atoms with Gasteiger partial charge in [0.25, 0.3) is 0 Å². The highest BCUT2D eigenvalue weighted by molar-refractivity contribution is 5.80. The Morgan fingerprint density at radius 3 is 1.26 bits per heavy atom. The number of carbonyl (C=O) groups is 2. The fraction of sp³-hybridized carbons (Fsp3) is 0.813. The van der Waals surface area contributed by atoms with Gasteiger partial charge < -0.3 is 45.1 Å². The van der Waals surface area contributed by atoms with E-state index in [1.165, 1.54) is 186 Å². The highest BCUT2D eigenvalue weighted by Crippen LogP contribution is 2.26. The lowest BCUT2D eigenvalue weighted by atomic mass is 9.99. The van der Waals surface area contributed by atoms with Gasteiger partial charge in [-0.3, -0.25) is 9.59 Å². The van der Waals surface area contributed by atoms with Gasteiger partial charge in [-0.1, -0.05) is 325 Å². The maximum atomic E-state index is 13.5. The highest BCUT2D eigenvalue weighted by atomic mass is 16.7. The average molecular weight is 1210 g/mol. The molecule has 11 nitrogen and oxygen atoms in total. The van der Waals surface area contributed by atoms with Gasteiger partial charge in [-0.25, -0.2) is 0 Å². The van der Waals surface area contributed by atoms with Crippen LogP contribution >= 0.6 is 0 Å². The lowest BCUT2D eigenvalue weighted by molar-refractivity contribution is -0.305. The predicted molar refractivity (Wildman–Crippen MR) is 361 cm³/mol. The van der Waals surface area contributed by atoms with Gasteiger partial charge in [-0.15, -0.1) is 0 Å². The topological polar surface area (TPSA) is 175 Å². The van der Waals surface area contributed by atoms with Gasteiger partial charge in [-0.05, 0) is 70.6 Å². The van der Waals surface area contributed by atoms with E-state index in [0.717, 1.165) is 96.3 Å². The van der Waals surface area contributed by atoms with Crippen LogP contribution in [0.25, 0.3) is 0 Å². The van der Waals surface area contributed by atoms with Crippen LogP contribution in [0.1, 0.15) is 329 Å². The number of nitrogens with one attached hydrogen (secondary N) is 1. The number of amides is 1. The number of hydrogen-bond donors (Lipinski definition) is 6. The Kier molecular flexibility index (Phi) is 58.8. The third-order valence-electron chi connectivity index (χ3n) is 16.9. The predicted octanol–water partition coefficient (Wildman–Crippen LogP) is 18.7. The first-order valence-electron chi connectivity index (χ1n) is 36.2. The zero-order valence-electron chi connectivity index (χ0n) is 55.7. The minimum atomic E-state index is -1.62. The third-order valence-corrected chi connectivity index (χ3v) is 16.9. The summed E-state index contributed by atoms with van der Waals surface area (Å²) in [6.07, 6.45) is 70.8. The van der Waals surface area contributed by atoms with Crippen LogP contribution in [0, 0.1) is 0 Å². The van der Waals surface area contributed by atoms with Gasteiger partial charge in [0.2, 0.25) is 5.91 Å². The number of unbranched alkanes of at least 4 members (excludes halogenated alkanes) is 38. The molecule has 1 fully saturated rings. The molecule has 8 unspecified atom stereocenters. The molecule has 1 heterocycles. The maximum absolute atomic E-state index is 13.5. The summed E-state index contributed by atoms with van der Waals surface area (Å²) in [6, 6.07) is -1.02. The molecule has 0 bridgehead atoms. The second-order valence-electron chi connectivity index (χ2n) is 24.9. The van der Waals surface area contributed by atoms with Crippen molar-refractivity contribution in [1.29, 1.82) is 0 Å². The molecule has 500 valence electrons. The SMILES string of the molecule is CC/C=C\C/C=C\C/C=C\C/C=C\C/C=C\CCCCCCCCCCCCCC(=O)OC1C(OCC(NC(=O)C(O)CCCCCCCCCCCCCCCCCCCC)C(O)/C=C/CCCCCCCCCCCC)OC(CO)C(O)C1O. The molecular formula is C75H135NO10. The van der Waals surface area contributed by atoms with E-state index in [0.29, 0.717) is 19.3 Å². The van der Waals surface area contributed by atoms with E-state index in [1.807, 2.05) is 6.08 Å². The van der Waals surface area contributed by atoms with Crippen molar-refractivity contribution in [2.24, 2.45) is 0 Å². The van der Waals surface area contributed by atoms with Crippen molar-refractivity contribution in [3.8, 4) is 0 Å². The van der Waals surface area contributed by atoms with E-state index < -0.39 is 67.4 Å². The molecule has 86 heavy (non-hydrogen) atoms. The minimum Gasteiger partial charge on any atom is -0.454 e. The summed E-state index contributed by atoms with van der Waals surface area (Å²) in [7, 11) is 0. The molecule has 0 spiro atoms. The molecule has 11 heteroatoms. The monoisotopic (exact) mass is 1210 g/mol. The second-order valence-corrected chi connectivity index (χ2v) is 24.9. The molecular weight excluding hydrogens is 1070 g/mol. The van der Waals surface area contributed by atoms with Gasteiger partial charge >= 0.3 is 5.97 Å². The number of esters is 1. The lowest BCUT2D eigenvalue weighted by Gasteiger charge is -2.41. The van der Waals surface area contributed by atoms with Crippen LogP contribution in [0.2, 0.25) is 0 Å². The van der Waals surface area contributed by atoms with Crippen molar-refractivity contribution in [2.75, 3.05) is 13.2 Å². The van der Waals surface area contributed by atoms with E-state index in [4.69, 9.17) is 14.2 Å². The Balaban J connectivity index is 2.54. The number of rotatable bonds is 62. The summed E-state index contributed by atoms with van der Waals surface area (Å²) in [5.74, 6) is -1.19. The maximum Gasteiger partial charge on any atom is 0.306 e. The fourth-order valence-electron chi connectivity index (χ4n) is 11.2. The zero-order chi connectivity index (χ0) is 62.4. The molecule has 8 atom stereocenters. The third kappa shape index (κ3) is 49.0. The van der Waals surface area contributed by atoms with E-state index in [2.05, 4.69) is 86.8 Å². The van der Waals surface area contributed by atoms with Gasteiger partial charge in [0.1, 0.15) is 24.4 Å². The van der Waals surface area contributed by atoms with Crippen molar-refractivity contribution in [2.45, 2.75) is 378 Å². The standard InChI is InChI=1S/C75H135NO10/c1-4-7-10-13-16-19-22-25-27-29-31-32-33-34-35-36-37-38-39-41-43-45-48-51-54-57-60-63-70(80)86-73-72(82)71(81)69(64-77)85-75(73)84-65-66(67(78)61-58-55-52-49-46-24-21-18-15-12-9-6-3)76-74(83)68(79)62-59-56-53-50-47-44-42-40-30-28-26-23-20-17-14-11-8-5-2/h7,10,16,19,25,27,31-32,34-35,58,61,66-69,71-73,75,77-79,81-82H,4-6,8-9,11-15,17-18,20-24,26,28-30,33,36-57,59-60,62-65H2,1-3H3,(H,76,83)/b10-7-,19-16-,27-25-,32-31-,35-34-,61-58+. The summed E-state index contributed by atoms with van der Waals surface area (Å²) in [5.41, 5.74) is 0. The fourth-order valence-corrected chi connectivity index (χ4v) is 11.2. The molecule has 0 saturated carbocycles. The highest BCUT2D eigenvalue weighted by Gasteiger charge is 2.47. The number of aliphatic hydroxyl groups excluding tert-OH is 5. The van der Waals surface area contributed by atoms with Crippen LogP contribution < -0.4 is 5.32 Å². The molecule has 1 rings (SSSR count). The normalized spacial score (nSPS) is 18.7. The lowest BCUT2D eigenvalue weighted by Crippen LogP contribution is -2.61. The molecule has 1 aliphatic heterocycles. The van der Waals surface area contributed by atoms with Crippen LogP contribution in [0.4, 0.5) is 0 Å². The van der Waals surface area contributed by atoms with E-state index in [-0.39, 0.29) is 13.0 Å². The molecule has 1 aliphatic rings. The molecule has 0 aromatic carbocycles. The van der Waals surface area contributed by atoms with Crippen LogP contribution in [0.5, 0.6) is 0 Å². The molecule has 1 saturated heterocycles. The Bertz CT molecular complexity index is 1680. The molecule has 0 aromatic rings. The Labute approximate surface area is 528 Å². The average Bonchev–Trinajstić information content (AvgIpc) is 2.65. The number of aliphatic hydroxyl groups is 5.